The molecule has 0 bridgehead atoms. The van der Waals surface area contributed by atoms with Crippen LogP contribution < -0.4 is 4.90 Å². The minimum Gasteiger partial charge on any atom is -0.341 e. The van der Waals surface area contributed by atoms with Crippen LogP contribution in [0.3, 0.4) is 0 Å². The number of amides is 1. The second-order valence-corrected chi connectivity index (χ2v) is 7.09. The van der Waals surface area contributed by atoms with Crippen LogP contribution in [0.4, 0.5) is 5.95 Å². The molecule has 0 saturated carbocycles. The van der Waals surface area contributed by atoms with Crippen molar-refractivity contribution in [2.24, 2.45) is 5.92 Å². The van der Waals surface area contributed by atoms with Gasteiger partial charge in [-0.15, -0.1) is 11.3 Å². The molecule has 1 aliphatic rings. The zero-order valence-corrected chi connectivity index (χ0v) is 14.2. The third-order valence-electron chi connectivity index (χ3n) is 4.40. The Balaban J connectivity index is 1.40. The molecule has 0 atom stereocenters. The van der Waals surface area contributed by atoms with Crippen LogP contribution in [0.25, 0.3) is 10.1 Å². The average molecular weight is 338 g/mol. The summed E-state index contributed by atoms with van der Waals surface area (Å²) in [6.45, 7) is 2.54. The largest absolute Gasteiger partial charge is 0.341 e. The molecule has 0 radical (unpaired) electrons. The van der Waals surface area contributed by atoms with Gasteiger partial charge in [0.25, 0.3) is 5.91 Å². The molecule has 3 aromatic rings. The quantitative estimate of drug-likeness (QED) is 0.734. The molecule has 1 amide bonds. The smallest absolute Gasteiger partial charge is 0.254 e. The maximum absolute atomic E-state index is 12.8. The van der Waals surface area contributed by atoms with Crippen molar-refractivity contribution in [2.45, 2.75) is 0 Å². The highest BCUT2D eigenvalue weighted by atomic mass is 32.1. The number of carbonyl (C=O) groups is 1. The lowest BCUT2D eigenvalue weighted by atomic mass is 9.99. The predicted molar refractivity (Wildman–Crippen MR) is 96.5 cm³/mol. The second kappa shape index (κ2) is 6.20. The third kappa shape index (κ3) is 2.73. The molecular formula is C18H18N4OS. The number of thiophene rings is 1. The molecule has 0 aliphatic carbocycles. The van der Waals surface area contributed by atoms with E-state index in [9.17, 15) is 4.79 Å². The third-order valence-corrected chi connectivity index (χ3v) is 5.28. The maximum atomic E-state index is 12.8. The summed E-state index contributed by atoms with van der Waals surface area (Å²) in [6.07, 6.45) is 3.51. The number of hydrogen-bond donors (Lipinski definition) is 0. The number of nitrogens with zero attached hydrogens (tertiary/aromatic N) is 4. The van der Waals surface area contributed by atoms with Crippen molar-refractivity contribution in [3.8, 4) is 0 Å². The number of fused-ring (bicyclic) bond motifs is 1. The topological polar surface area (TPSA) is 49.3 Å². The Morgan fingerprint density at radius 3 is 2.83 bits per heavy atom. The van der Waals surface area contributed by atoms with Gasteiger partial charge in [0.2, 0.25) is 5.95 Å². The van der Waals surface area contributed by atoms with Crippen molar-refractivity contribution >= 4 is 33.3 Å². The van der Waals surface area contributed by atoms with Crippen molar-refractivity contribution in [2.75, 3.05) is 31.6 Å². The number of benzene rings is 1. The minimum absolute atomic E-state index is 0.0911. The van der Waals surface area contributed by atoms with Crippen molar-refractivity contribution < 1.29 is 4.79 Å². The average Bonchev–Trinajstić information content (AvgIpc) is 3.06. The van der Waals surface area contributed by atoms with Crippen LogP contribution in [0, 0.1) is 5.92 Å². The van der Waals surface area contributed by atoms with Crippen LogP contribution >= 0.6 is 11.3 Å². The molecule has 3 heterocycles. The lowest BCUT2D eigenvalue weighted by Gasteiger charge is -2.40. The van der Waals surface area contributed by atoms with E-state index in [1.54, 1.807) is 23.7 Å². The van der Waals surface area contributed by atoms with Crippen molar-refractivity contribution in [1.29, 1.82) is 0 Å². The molecule has 4 rings (SSSR count). The molecule has 1 saturated heterocycles. The summed E-state index contributed by atoms with van der Waals surface area (Å²) in [7, 11) is 1.88. The Morgan fingerprint density at radius 2 is 2.04 bits per heavy atom. The van der Waals surface area contributed by atoms with Gasteiger partial charge in [0.05, 0.1) is 0 Å². The lowest BCUT2D eigenvalue weighted by molar-refractivity contribution is 0.0765. The zero-order chi connectivity index (χ0) is 16.5. The second-order valence-electron chi connectivity index (χ2n) is 6.14. The summed E-state index contributed by atoms with van der Waals surface area (Å²) in [4.78, 5) is 25.3. The van der Waals surface area contributed by atoms with E-state index in [-0.39, 0.29) is 5.91 Å². The standard InChI is InChI=1S/C18H18N4OS/c1-21(10-13-11-22(12-13)18-19-7-3-8-20-18)17(23)15-4-2-5-16-14(15)6-9-24-16/h2-9,13H,10-12H2,1H3. The van der Waals surface area contributed by atoms with E-state index in [4.69, 9.17) is 0 Å². The number of aromatic nitrogens is 2. The van der Waals surface area contributed by atoms with Gasteiger partial charge in [-0.2, -0.15) is 0 Å². The molecule has 1 fully saturated rings. The number of anilines is 1. The highest BCUT2D eigenvalue weighted by Gasteiger charge is 2.30. The molecule has 0 N–H and O–H groups in total. The Morgan fingerprint density at radius 1 is 1.25 bits per heavy atom. The highest BCUT2D eigenvalue weighted by Crippen LogP contribution is 2.26. The van der Waals surface area contributed by atoms with E-state index >= 15 is 0 Å². The van der Waals surface area contributed by atoms with Crippen LogP contribution in [-0.4, -0.2) is 47.5 Å². The van der Waals surface area contributed by atoms with Crippen LogP contribution in [0.15, 0.2) is 48.1 Å². The summed E-state index contributed by atoms with van der Waals surface area (Å²) in [5, 5.41) is 3.08. The summed E-state index contributed by atoms with van der Waals surface area (Å²) >= 11 is 1.67. The van der Waals surface area contributed by atoms with E-state index in [0.717, 1.165) is 41.2 Å². The van der Waals surface area contributed by atoms with Gasteiger partial charge in [-0.25, -0.2) is 9.97 Å². The van der Waals surface area contributed by atoms with Gasteiger partial charge in [-0.3, -0.25) is 4.79 Å². The van der Waals surface area contributed by atoms with Gasteiger partial charge in [-0.1, -0.05) is 6.07 Å². The number of rotatable bonds is 4. The highest BCUT2D eigenvalue weighted by molar-refractivity contribution is 7.17. The number of hydrogen-bond acceptors (Lipinski definition) is 5. The van der Waals surface area contributed by atoms with Gasteiger partial charge in [0, 0.05) is 60.6 Å². The molecular weight excluding hydrogens is 320 g/mol. The van der Waals surface area contributed by atoms with E-state index < -0.39 is 0 Å². The fourth-order valence-electron chi connectivity index (χ4n) is 3.16. The van der Waals surface area contributed by atoms with Crippen LogP contribution in [-0.2, 0) is 0 Å². The molecule has 24 heavy (non-hydrogen) atoms. The molecule has 0 spiro atoms. The van der Waals surface area contributed by atoms with Crippen molar-refractivity contribution in [3.05, 3.63) is 53.7 Å². The normalized spacial score (nSPS) is 14.6. The Labute approximate surface area is 144 Å². The molecule has 1 aromatic carbocycles. The SMILES string of the molecule is CN(CC1CN(c2ncccn2)C1)C(=O)c1cccc2sccc12. The first-order valence-electron chi connectivity index (χ1n) is 7.96. The fraction of sp³-hybridized carbons (Fsp3) is 0.278. The summed E-state index contributed by atoms with van der Waals surface area (Å²) in [5.74, 6) is 1.32. The first-order valence-corrected chi connectivity index (χ1v) is 8.84. The zero-order valence-electron chi connectivity index (χ0n) is 13.4. The van der Waals surface area contributed by atoms with Crippen molar-refractivity contribution in [3.63, 3.8) is 0 Å². The van der Waals surface area contributed by atoms with E-state index in [0.29, 0.717) is 5.92 Å². The van der Waals surface area contributed by atoms with E-state index in [2.05, 4.69) is 20.9 Å². The first kappa shape index (κ1) is 15.1. The minimum atomic E-state index is 0.0911. The van der Waals surface area contributed by atoms with Gasteiger partial charge in [0.15, 0.2) is 0 Å². The Kier molecular flexibility index (Phi) is 3.90. The summed E-state index contributed by atoms with van der Waals surface area (Å²) < 4.78 is 1.16. The predicted octanol–water partition coefficient (Wildman–Crippen LogP) is 2.90. The monoisotopic (exact) mass is 338 g/mol. The van der Waals surface area contributed by atoms with Crippen molar-refractivity contribution in [1.82, 2.24) is 14.9 Å². The molecule has 6 heteroatoms. The van der Waals surface area contributed by atoms with Crippen LogP contribution in [0.2, 0.25) is 0 Å². The molecule has 122 valence electrons. The maximum Gasteiger partial charge on any atom is 0.254 e. The van der Waals surface area contributed by atoms with Gasteiger partial charge in [-0.05, 0) is 29.6 Å². The summed E-state index contributed by atoms with van der Waals surface area (Å²) in [5.41, 5.74) is 0.791. The molecule has 2 aromatic heterocycles. The summed E-state index contributed by atoms with van der Waals surface area (Å²) in [6, 6.07) is 9.77. The Hall–Kier alpha value is -2.47. The number of carbonyl (C=O) groups excluding carboxylic acids is 1. The van der Waals surface area contributed by atoms with Crippen LogP contribution in [0.1, 0.15) is 10.4 Å². The van der Waals surface area contributed by atoms with Gasteiger partial charge < -0.3 is 9.80 Å². The molecule has 1 aliphatic heterocycles. The molecule has 0 unspecified atom stereocenters. The van der Waals surface area contributed by atoms with Gasteiger partial charge in [0.1, 0.15) is 0 Å². The fourth-order valence-corrected chi connectivity index (χ4v) is 3.97. The van der Waals surface area contributed by atoms with E-state index in [1.165, 1.54) is 0 Å². The Bertz CT molecular complexity index is 858. The van der Waals surface area contributed by atoms with E-state index in [1.807, 2.05) is 41.6 Å². The lowest BCUT2D eigenvalue weighted by Crippen LogP contribution is -2.52. The molecule has 5 nitrogen and oxygen atoms in total. The first-order chi connectivity index (χ1) is 11.7. The van der Waals surface area contributed by atoms with Crippen LogP contribution in [0.5, 0.6) is 0 Å². The van der Waals surface area contributed by atoms with Gasteiger partial charge >= 0.3 is 0 Å².